The Bertz CT molecular complexity index is 405. The lowest BCUT2D eigenvalue weighted by Gasteiger charge is -2.15. The minimum atomic E-state index is 0.749. The first-order chi connectivity index (χ1) is 9.72. The van der Waals surface area contributed by atoms with Crippen LogP contribution in [-0.4, -0.2) is 54.3 Å². The van der Waals surface area contributed by atoms with Gasteiger partial charge in [-0.1, -0.05) is 6.92 Å². The topological polar surface area (TPSA) is 42.3 Å². The van der Waals surface area contributed by atoms with Gasteiger partial charge in [-0.05, 0) is 38.8 Å². The fourth-order valence-electron chi connectivity index (χ4n) is 2.84. The molecule has 1 atom stereocenters. The van der Waals surface area contributed by atoms with Crippen molar-refractivity contribution in [2.45, 2.75) is 33.2 Å². The number of methoxy groups -OCH3 is 1. The van der Waals surface area contributed by atoms with E-state index in [1.807, 2.05) is 6.92 Å². The van der Waals surface area contributed by atoms with Gasteiger partial charge in [0.15, 0.2) is 0 Å². The molecule has 0 amide bonds. The van der Waals surface area contributed by atoms with E-state index in [-0.39, 0.29) is 0 Å². The number of nitrogens with one attached hydrogen (secondary N) is 1. The van der Waals surface area contributed by atoms with Crippen LogP contribution < -0.4 is 5.32 Å². The third kappa shape index (κ3) is 4.21. The van der Waals surface area contributed by atoms with Gasteiger partial charge in [-0.15, -0.1) is 0 Å². The van der Waals surface area contributed by atoms with E-state index in [0.29, 0.717) is 0 Å². The highest BCUT2D eigenvalue weighted by atomic mass is 16.5. The summed E-state index contributed by atoms with van der Waals surface area (Å²) in [5.41, 5.74) is 1.08. The van der Waals surface area contributed by atoms with Gasteiger partial charge in [-0.3, -0.25) is 0 Å². The zero-order valence-electron chi connectivity index (χ0n) is 13.1. The maximum absolute atomic E-state index is 5.12. The molecule has 0 spiro atoms. The average molecular weight is 280 g/mol. The van der Waals surface area contributed by atoms with Crippen LogP contribution in [0.25, 0.3) is 0 Å². The van der Waals surface area contributed by atoms with Gasteiger partial charge >= 0.3 is 0 Å². The van der Waals surface area contributed by atoms with Gasteiger partial charge < -0.3 is 19.5 Å². The van der Waals surface area contributed by atoms with Gasteiger partial charge in [0.1, 0.15) is 0 Å². The lowest BCUT2D eigenvalue weighted by Crippen LogP contribution is -2.23. The molecule has 20 heavy (non-hydrogen) atoms. The summed E-state index contributed by atoms with van der Waals surface area (Å²) in [5.74, 6) is 1.76. The Balaban J connectivity index is 1.82. The first kappa shape index (κ1) is 15.3. The van der Waals surface area contributed by atoms with Crippen molar-refractivity contribution in [2.75, 3.05) is 45.2 Å². The van der Waals surface area contributed by atoms with Crippen LogP contribution in [0.5, 0.6) is 0 Å². The normalized spacial score (nSPS) is 19.6. The van der Waals surface area contributed by atoms with Crippen LogP contribution in [0.4, 0.5) is 5.95 Å². The Labute approximate surface area is 122 Å². The average Bonchev–Trinajstić information content (AvgIpc) is 3.03. The van der Waals surface area contributed by atoms with Crippen LogP contribution in [0.1, 0.15) is 25.5 Å². The minimum absolute atomic E-state index is 0.749. The molecule has 1 N–H and O–H groups in total. The fourth-order valence-corrected chi connectivity index (χ4v) is 2.84. The number of ether oxygens (including phenoxy) is 1. The van der Waals surface area contributed by atoms with E-state index >= 15 is 0 Å². The Morgan fingerprint density at radius 3 is 3.05 bits per heavy atom. The minimum Gasteiger partial charge on any atom is -0.385 e. The van der Waals surface area contributed by atoms with E-state index in [9.17, 15) is 0 Å². The van der Waals surface area contributed by atoms with Gasteiger partial charge in [-0.2, -0.15) is 0 Å². The molecule has 1 aromatic rings. The summed E-state index contributed by atoms with van der Waals surface area (Å²) in [6, 6.07) is 0. The lowest BCUT2D eigenvalue weighted by molar-refractivity contribution is 0.190. The molecule has 0 aliphatic carbocycles. The quantitative estimate of drug-likeness (QED) is 0.739. The van der Waals surface area contributed by atoms with Crippen LogP contribution in [-0.2, 0) is 11.3 Å². The molecule has 0 aromatic carbocycles. The van der Waals surface area contributed by atoms with Crippen molar-refractivity contribution < 1.29 is 4.74 Å². The Hall–Kier alpha value is -1.07. The second kappa shape index (κ2) is 7.64. The number of rotatable bonds is 8. The van der Waals surface area contributed by atoms with E-state index in [4.69, 9.17) is 4.74 Å². The number of hydrogen-bond donors (Lipinski definition) is 1. The molecule has 5 heteroatoms. The number of aromatic nitrogens is 2. The summed E-state index contributed by atoms with van der Waals surface area (Å²) in [7, 11) is 1.75. The van der Waals surface area contributed by atoms with Crippen LogP contribution in [0.15, 0.2) is 6.20 Å². The van der Waals surface area contributed by atoms with Crippen molar-refractivity contribution >= 4 is 5.95 Å². The highest BCUT2D eigenvalue weighted by Crippen LogP contribution is 2.17. The van der Waals surface area contributed by atoms with Gasteiger partial charge in [0.25, 0.3) is 0 Å². The van der Waals surface area contributed by atoms with Crippen molar-refractivity contribution in [3.63, 3.8) is 0 Å². The van der Waals surface area contributed by atoms with E-state index in [2.05, 4.69) is 32.9 Å². The van der Waals surface area contributed by atoms with E-state index in [1.165, 1.54) is 26.1 Å². The summed E-state index contributed by atoms with van der Waals surface area (Å²) >= 11 is 0. The van der Waals surface area contributed by atoms with E-state index < -0.39 is 0 Å². The van der Waals surface area contributed by atoms with Crippen molar-refractivity contribution in [1.29, 1.82) is 0 Å². The van der Waals surface area contributed by atoms with Crippen LogP contribution in [0.3, 0.4) is 0 Å². The van der Waals surface area contributed by atoms with Gasteiger partial charge in [0, 0.05) is 39.5 Å². The summed E-state index contributed by atoms with van der Waals surface area (Å²) in [5, 5.41) is 3.53. The smallest absolute Gasteiger partial charge is 0.203 e. The summed E-state index contributed by atoms with van der Waals surface area (Å²) < 4.78 is 7.33. The Kier molecular flexibility index (Phi) is 5.86. The first-order valence-electron chi connectivity index (χ1n) is 7.71. The number of imidazole rings is 1. The molecule has 1 aromatic heterocycles. The highest BCUT2D eigenvalue weighted by Gasteiger charge is 2.21. The molecule has 1 saturated heterocycles. The molecular weight excluding hydrogens is 252 g/mol. The van der Waals surface area contributed by atoms with Gasteiger partial charge in [0.05, 0.1) is 5.69 Å². The van der Waals surface area contributed by atoms with Crippen molar-refractivity contribution in [2.24, 2.45) is 5.92 Å². The molecule has 2 heterocycles. The summed E-state index contributed by atoms with van der Waals surface area (Å²) in [6.07, 6.45) is 4.43. The molecule has 1 aliphatic heterocycles. The number of hydrogen-bond acceptors (Lipinski definition) is 4. The molecule has 114 valence electrons. The van der Waals surface area contributed by atoms with Crippen molar-refractivity contribution in [1.82, 2.24) is 14.5 Å². The number of anilines is 1. The molecule has 1 unspecified atom stereocenters. The van der Waals surface area contributed by atoms with Crippen molar-refractivity contribution in [3.8, 4) is 0 Å². The molecular formula is C15H28N4O. The summed E-state index contributed by atoms with van der Waals surface area (Å²) in [6.45, 7) is 10.7. The molecule has 2 rings (SSSR count). The number of nitrogens with zero attached hydrogens (tertiary/aromatic N) is 3. The fraction of sp³-hybridized carbons (Fsp3) is 0.800. The molecule has 5 nitrogen and oxygen atoms in total. The molecule has 0 bridgehead atoms. The highest BCUT2D eigenvalue weighted by molar-refractivity contribution is 5.28. The Morgan fingerprint density at radius 1 is 1.50 bits per heavy atom. The zero-order valence-corrected chi connectivity index (χ0v) is 13.1. The molecule has 0 saturated carbocycles. The second-order valence-electron chi connectivity index (χ2n) is 5.67. The number of aryl methyl sites for hydroxylation is 2. The standard InChI is InChI=1S/C15H28N4O/c1-4-18-8-6-14(12-18)10-16-15-17-13(2)11-19(15)7-5-9-20-3/h11,14H,4-10,12H2,1-3H3,(H,16,17). The predicted molar refractivity (Wildman–Crippen MR) is 82.2 cm³/mol. The lowest BCUT2D eigenvalue weighted by atomic mass is 10.1. The second-order valence-corrected chi connectivity index (χ2v) is 5.67. The molecule has 1 aliphatic rings. The van der Waals surface area contributed by atoms with E-state index in [1.54, 1.807) is 7.11 Å². The number of likely N-dealkylation sites (tertiary alicyclic amines) is 1. The largest absolute Gasteiger partial charge is 0.385 e. The van der Waals surface area contributed by atoms with Crippen LogP contribution in [0, 0.1) is 12.8 Å². The maximum Gasteiger partial charge on any atom is 0.203 e. The third-order valence-corrected chi connectivity index (χ3v) is 4.01. The Morgan fingerprint density at radius 2 is 2.35 bits per heavy atom. The maximum atomic E-state index is 5.12. The predicted octanol–water partition coefficient (Wildman–Crippen LogP) is 1.98. The first-order valence-corrected chi connectivity index (χ1v) is 7.71. The monoisotopic (exact) mass is 280 g/mol. The van der Waals surface area contributed by atoms with Crippen LogP contribution >= 0.6 is 0 Å². The van der Waals surface area contributed by atoms with Crippen LogP contribution in [0.2, 0.25) is 0 Å². The van der Waals surface area contributed by atoms with Crippen molar-refractivity contribution in [3.05, 3.63) is 11.9 Å². The third-order valence-electron chi connectivity index (χ3n) is 4.01. The molecule has 0 radical (unpaired) electrons. The van der Waals surface area contributed by atoms with E-state index in [0.717, 1.165) is 43.7 Å². The van der Waals surface area contributed by atoms with Gasteiger partial charge in [-0.25, -0.2) is 4.98 Å². The SMILES string of the molecule is CCN1CCC(CNc2nc(C)cn2CCCOC)C1. The summed E-state index contributed by atoms with van der Waals surface area (Å²) in [4.78, 5) is 7.10. The molecule has 1 fully saturated rings. The van der Waals surface area contributed by atoms with Gasteiger partial charge in [0.2, 0.25) is 5.95 Å². The zero-order chi connectivity index (χ0) is 14.4.